The highest BCUT2D eigenvalue weighted by Crippen LogP contribution is 2.22. The number of hydrogen-bond donors (Lipinski definition) is 3. The third kappa shape index (κ3) is 4.30. The average Bonchev–Trinajstić information content (AvgIpc) is 2.66. The highest BCUT2D eigenvalue weighted by Gasteiger charge is 2.22. The minimum absolute atomic E-state index is 0.0437. The van der Waals surface area contributed by atoms with Gasteiger partial charge in [0.2, 0.25) is 15.9 Å². The summed E-state index contributed by atoms with van der Waals surface area (Å²) in [5, 5.41) is 6.06. The van der Waals surface area contributed by atoms with Crippen molar-refractivity contribution in [3.05, 3.63) is 59.7 Å². The second-order valence-corrected chi connectivity index (χ2v) is 8.00. The second kappa shape index (κ2) is 7.99. The average molecular weight is 373 g/mol. The zero-order valence-corrected chi connectivity index (χ0v) is 15.5. The number of nitrogens with one attached hydrogen (secondary N) is 3. The van der Waals surface area contributed by atoms with Crippen molar-refractivity contribution in [2.45, 2.75) is 30.7 Å². The van der Waals surface area contributed by atoms with Gasteiger partial charge in [0.15, 0.2) is 0 Å². The predicted octanol–water partition coefficient (Wildman–Crippen LogP) is 2.20. The van der Waals surface area contributed by atoms with Crippen LogP contribution in [0.2, 0.25) is 0 Å². The lowest BCUT2D eigenvalue weighted by atomic mass is 9.95. The van der Waals surface area contributed by atoms with Crippen LogP contribution < -0.4 is 15.4 Å². The Bertz CT molecular complexity index is 879. The van der Waals surface area contributed by atoms with Gasteiger partial charge in [-0.15, -0.1) is 0 Å². The summed E-state index contributed by atoms with van der Waals surface area (Å²) in [6.07, 6.45) is 1.32. The van der Waals surface area contributed by atoms with Gasteiger partial charge >= 0.3 is 0 Å². The van der Waals surface area contributed by atoms with Gasteiger partial charge in [0.1, 0.15) is 0 Å². The topological polar surface area (TPSA) is 87.3 Å². The van der Waals surface area contributed by atoms with Gasteiger partial charge in [-0.05, 0) is 48.4 Å². The molecule has 3 N–H and O–H groups in total. The number of hydrogen-bond acceptors (Lipinski definition) is 4. The molecule has 0 fully saturated rings. The first-order chi connectivity index (χ1) is 12.5. The summed E-state index contributed by atoms with van der Waals surface area (Å²) < 4.78 is 27.8. The highest BCUT2D eigenvalue weighted by molar-refractivity contribution is 7.89. The van der Waals surface area contributed by atoms with E-state index in [0.717, 1.165) is 18.5 Å². The summed E-state index contributed by atoms with van der Waals surface area (Å²) in [5.74, 6) is -0.110. The van der Waals surface area contributed by atoms with Crippen molar-refractivity contribution in [1.29, 1.82) is 0 Å². The lowest BCUT2D eigenvalue weighted by molar-refractivity contribution is -0.115. The molecule has 0 saturated carbocycles. The molecule has 0 saturated heterocycles. The van der Waals surface area contributed by atoms with E-state index in [1.807, 2.05) is 18.2 Å². The van der Waals surface area contributed by atoms with E-state index in [4.69, 9.17) is 0 Å². The number of carbonyl (C=O) groups is 1. The van der Waals surface area contributed by atoms with Crippen molar-refractivity contribution >= 4 is 21.6 Å². The van der Waals surface area contributed by atoms with Gasteiger partial charge in [0.25, 0.3) is 0 Å². The number of rotatable bonds is 6. The second-order valence-electron chi connectivity index (χ2n) is 6.23. The molecule has 6 nitrogen and oxygen atoms in total. The van der Waals surface area contributed by atoms with Crippen molar-refractivity contribution < 1.29 is 13.2 Å². The van der Waals surface area contributed by atoms with Crippen molar-refractivity contribution in [3.63, 3.8) is 0 Å². The maximum atomic E-state index is 12.6. The normalized spacial score (nSPS) is 16.7. The van der Waals surface area contributed by atoms with Crippen LogP contribution in [0, 0.1) is 0 Å². The zero-order valence-electron chi connectivity index (χ0n) is 14.7. The minimum atomic E-state index is -3.62. The first kappa shape index (κ1) is 18.6. The molecule has 0 aliphatic carbocycles. The van der Waals surface area contributed by atoms with Crippen LogP contribution in [0.15, 0.2) is 53.4 Å². The molecule has 2 aromatic carbocycles. The molecule has 1 aliphatic rings. The lowest BCUT2D eigenvalue weighted by Crippen LogP contribution is -2.38. The fourth-order valence-corrected chi connectivity index (χ4v) is 4.07. The Morgan fingerprint density at radius 1 is 1.15 bits per heavy atom. The van der Waals surface area contributed by atoms with E-state index in [2.05, 4.69) is 21.4 Å². The van der Waals surface area contributed by atoms with E-state index in [9.17, 15) is 13.2 Å². The number of carbonyl (C=O) groups excluding carboxylic acids is 1. The number of sulfonamides is 1. The largest absolute Gasteiger partial charge is 0.326 e. The molecule has 3 rings (SSSR count). The molecule has 0 aromatic heterocycles. The summed E-state index contributed by atoms with van der Waals surface area (Å²) in [6, 6.07) is 14.2. The Balaban J connectivity index is 1.67. The van der Waals surface area contributed by atoms with E-state index in [0.29, 0.717) is 12.1 Å². The molecule has 0 radical (unpaired) electrons. The SMILES string of the molecule is CCC(=O)Nc1ccc(S(=O)(=O)NCC2NCCc3ccccc32)cc1. The van der Waals surface area contributed by atoms with Crippen LogP contribution in [0.4, 0.5) is 5.69 Å². The summed E-state index contributed by atoms with van der Waals surface area (Å²) in [5.41, 5.74) is 2.98. The Kier molecular flexibility index (Phi) is 5.70. The molecular formula is C19H23N3O3S. The fraction of sp³-hybridized carbons (Fsp3) is 0.316. The molecule has 1 unspecified atom stereocenters. The third-order valence-electron chi connectivity index (χ3n) is 4.46. The van der Waals surface area contributed by atoms with Crippen LogP contribution in [0.25, 0.3) is 0 Å². The molecule has 0 spiro atoms. The van der Waals surface area contributed by atoms with E-state index in [-0.39, 0.29) is 23.4 Å². The predicted molar refractivity (Wildman–Crippen MR) is 101 cm³/mol. The molecule has 0 bridgehead atoms. The Morgan fingerprint density at radius 2 is 1.88 bits per heavy atom. The number of amides is 1. The Hall–Kier alpha value is -2.22. The standard InChI is InChI=1S/C19H23N3O3S/c1-2-19(23)22-15-7-9-16(10-8-15)26(24,25)21-13-18-17-6-4-3-5-14(17)11-12-20-18/h3-10,18,20-21H,2,11-13H2,1H3,(H,22,23). The van der Waals surface area contributed by atoms with Gasteiger partial charge < -0.3 is 10.6 Å². The van der Waals surface area contributed by atoms with E-state index >= 15 is 0 Å². The number of benzene rings is 2. The summed E-state index contributed by atoms with van der Waals surface area (Å²) in [4.78, 5) is 11.6. The van der Waals surface area contributed by atoms with Crippen molar-refractivity contribution in [2.24, 2.45) is 0 Å². The molecule has 1 amide bonds. The first-order valence-electron chi connectivity index (χ1n) is 8.70. The summed E-state index contributed by atoms with van der Waals surface area (Å²) in [7, 11) is -3.62. The third-order valence-corrected chi connectivity index (χ3v) is 5.90. The fourth-order valence-electron chi connectivity index (χ4n) is 3.02. The maximum Gasteiger partial charge on any atom is 0.240 e. The molecule has 2 aromatic rings. The van der Waals surface area contributed by atoms with Crippen LogP contribution in [0.1, 0.15) is 30.5 Å². The minimum Gasteiger partial charge on any atom is -0.326 e. The Labute approximate surface area is 154 Å². The van der Waals surface area contributed by atoms with Gasteiger partial charge in [-0.25, -0.2) is 13.1 Å². The Morgan fingerprint density at radius 3 is 2.62 bits per heavy atom. The van der Waals surface area contributed by atoms with Gasteiger partial charge in [0.05, 0.1) is 4.90 Å². The lowest BCUT2D eigenvalue weighted by Gasteiger charge is -2.27. The maximum absolute atomic E-state index is 12.6. The monoisotopic (exact) mass is 373 g/mol. The van der Waals surface area contributed by atoms with E-state index in [1.165, 1.54) is 17.7 Å². The van der Waals surface area contributed by atoms with Crippen LogP contribution in [-0.4, -0.2) is 27.4 Å². The summed E-state index contributed by atoms with van der Waals surface area (Å²) in [6.45, 7) is 2.87. The molecular weight excluding hydrogens is 350 g/mol. The zero-order chi connectivity index (χ0) is 18.6. The van der Waals surface area contributed by atoms with Crippen LogP contribution in [0.3, 0.4) is 0 Å². The quantitative estimate of drug-likeness (QED) is 0.724. The van der Waals surface area contributed by atoms with Crippen molar-refractivity contribution in [1.82, 2.24) is 10.0 Å². The molecule has 7 heteroatoms. The molecule has 1 aliphatic heterocycles. The summed E-state index contributed by atoms with van der Waals surface area (Å²) >= 11 is 0. The molecule has 138 valence electrons. The van der Waals surface area contributed by atoms with Gasteiger partial charge in [-0.3, -0.25) is 4.79 Å². The van der Waals surface area contributed by atoms with Crippen molar-refractivity contribution in [3.8, 4) is 0 Å². The van der Waals surface area contributed by atoms with Gasteiger partial charge in [0, 0.05) is 24.7 Å². The van der Waals surface area contributed by atoms with Crippen LogP contribution in [-0.2, 0) is 21.2 Å². The first-order valence-corrected chi connectivity index (χ1v) is 10.2. The van der Waals surface area contributed by atoms with Crippen LogP contribution >= 0.6 is 0 Å². The van der Waals surface area contributed by atoms with Gasteiger partial charge in [-0.1, -0.05) is 31.2 Å². The molecule has 26 heavy (non-hydrogen) atoms. The highest BCUT2D eigenvalue weighted by atomic mass is 32.2. The number of anilines is 1. The van der Waals surface area contributed by atoms with Gasteiger partial charge in [-0.2, -0.15) is 0 Å². The smallest absolute Gasteiger partial charge is 0.240 e. The number of fused-ring (bicyclic) bond motifs is 1. The van der Waals surface area contributed by atoms with E-state index < -0.39 is 10.0 Å². The molecule has 1 heterocycles. The molecule has 1 atom stereocenters. The van der Waals surface area contributed by atoms with E-state index in [1.54, 1.807) is 19.1 Å². The van der Waals surface area contributed by atoms with Crippen LogP contribution in [0.5, 0.6) is 0 Å². The van der Waals surface area contributed by atoms with Crippen molar-refractivity contribution in [2.75, 3.05) is 18.4 Å².